The van der Waals surface area contributed by atoms with E-state index in [0.717, 1.165) is 65.4 Å². The molecule has 1 aliphatic carbocycles. The molecule has 47 heavy (non-hydrogen) atoms. The molecule has 1 saturated heterocycles. The molecule has 0 amide bonds. The number of hydrogen-bond acceptors (Lipinski definition) is 10. The summed E-state index contributed by atoms with van der Waals surface area (Å²) in [6.45, 7) is 10.0. The van der Waals surface area contributed by atoms with E-state index in [2.05, 4.69) is 44.3 Å². The molecule has 1 unspecified atom stereocenters. The number of morpholine rings is 1. The van der Waals surface area contributed by atoms with Crippen molar-refractivity contribution in [1.29, 1.82) is 0 Å². The predicted octanol–water partition coefficient (Wildman–Crippen LogP) is 5.57. The summed E-state index contributed by atoms with van der Waals surface area (Å²) in [5.74, 6) is -3.63. The van der Waals surface area contributed by atoms with Crippen LogP contribution < -0.4 is 25.8 Å². The van der Waals surface area contributed by atoms with Crippen LogP contribution in [0.1, 0.15) is 50.7 Å². The minimum Gasteiger partial charge on any atom is -0.493 e. The lowest BCUT2D eigenvalue weighted by molar-refractivity contribution is -0.137. The van der Waals surface area contributed by atoms with Gasteiger partial charge in [-0.15, -0.1) is 0 Å². The molecule has 1 atom stereocenters. The number of nitrogen functional groups attached to an aromatic ring is 1. The van der Waals surface area contributed by atoms with Gasteiger partial charge in [0.05, 0.1) is 49.1 Å². The molecule has 0 bridgehead atoms. The summed E-state index contributed by atoms with van der Waals surface area (Å²) in [4.78, 5) is 14.9. The topological polar surface area (TPSA) is 120 Å². The van der Waals surface area contributed by atoms with Gasteiger partial charge in [0.15, 0.2) is 17.4 Å². The van der Waals surface area contributed by atoms with Crippen LogP contribution in [-0.2, 0) is 10.9 Å². The molecule has 2 aliphatic rings. The van der Waals surface area contributed by atoms with Crippen LogP contribution >= 0.6 is 0 Å². The Morgan fingerprint density at radius 2 is 1.89 bits per heavy atom. The number of rotatable bonds is 14. The lowest BCUT2D eigenvalue weighted by Gasteiger charge is -2.35. The molecule has 15 heteroatoms. The minimum absolute atomic E-state index is 0.0166. The second-order valence-corrected chi connectivity index (χ2v) is 12.4. The first kappa shape index (κ1) is 34.8. The van der Waals surface area contributed by atoms with Crippen molar-refractivity contribution in [1.82, 2.24) is 25.2 Å². The number of nitrogens with one attached hydrogen (secondary N) is 2. The molecule has 1 saturated carbocycles. The van der Waals surface area contributed by atoms with Crippen LogP contribution in [0.5, 0.6) is 11.8 Å². The standard InChI is InChI=1S/C32H42F5N7O3/c1-5-6-9-39-10-11-40-29-22-27(42-30(43-29)47-17-31(7-8-31)16-44-12-13-46-15-19(44)3)24(33)21(25(34)28(22)45-4)26-23(32(35,36)37)18(2)14-20(38)41-26/h14,19,39H,5-13,15-17H2,1-4H3,(H2,38,41)(H,40,42,43). The molecular formula is C32H42F5N7O3. The second kappa shape index (κ2) is 14.3. The maximum absolute atomic E-state index is 16.5. The lowest BCUT2D eigenvalue weighted by atomic mass is 9.98. The molecule has 0 spiro atoms. The van der Waals surface area contributed by atoms with E-state index in [4.69, 9.17) is 19.9 Å². The molecule has 1 aromatic carbocycles. The number of halogens is 5. The Morgan fingerprint density at radius 1 is 1.13 bits per heavy atom. The fourth-order valence-electron chi connectivity index (χ4n) is 5.95. The number of fused-ring (bicyclic) bond motifs is 1. The molecule has 1 aliphatic heterocycles. The second-order valence-electron chi connectivity index (χ2n) is 12.4. The van der Waals surface area contributed by atoms with Gasteiger partial charge >= 0.3 is 12.2 Å². The van der Waals surface area contributed by atoms with Crippen molar-refractivity contribution in [3.8, 4) is 23.0 Å². The zero-order valence-electron chi connectivity index (χ0n) is 27.1. The molecule has 3 heterocycles. The summed E-state index contributed by atoms with van der Waals surface area (Å²) in [7, 11) is 1.13. The Labute approximate surface area is 270 Å². The largest absolute Gasteiger partial charge is 0.493 e. The van der Waals surface area contributed by atoms with Gasteiger partial charge in [0.2, 0.25) is 0 Å². The van der Waals surface area contributed by atoms with Crippen molar-refractivity contribution >= 4 is 22.5 Å². The molecule has 258 valence electrons. The summed E-state index contributed by atoms with van der Waals surface area (Å²) >= 11 is 0. The van der Waals surface area contributed by atoms with E-state index in [-0.39, 0.29) is 46.7 Å². The zero-order chi connectivity index (χ0) is 33.9. The molecule has 2 fully saturated rings. The van der Waals surface area contributed by atoms with E-state index in [0.29, 0.717) is 26.3 Å². The number of benzene rings is 1. The number of unbranched alkanes of at least 4 members (excludes halogenated alkanes) is 1. The highest BCUT2D eigenvalue weighted by Gasteiger charge is 2.46. The third-order valence-electron chi connectivity index (χ3n) is 8.73. The molecule has 4 N–H and O–H groups in total. The predicted molar refractivity (Wildman–Crippen MR) is 169 cm³/mol. The molecular weight excluding hydrogens is 625 g/mol. The van der Waals surface area contributed by atoms with Crippen molar-refractivity contribution in [2.24, 2.45) is 5.41 Å². The number of ether oxygens (including phenoxy) is 3. The normalized spacial score (nSPS) is 18.0. The Bertz CT molecular complexity index is 1590. The maximum atomic E-state index is 16.5. The van der Waals surface area contributed by atoms with E-state index in [1.807, 2.05) is 0 Å². The van der Waals surface area contributed by atoms with Gasteiger partial charge in [-0.25, -0.2) is 13.8 Å². The first-order chi connectivity index (χ1) is 22.4. The van der Waals surface area contributed by atoms with Crippen LogP contribution in [0, 0.1) is 24.0 Å². The number of anilines is 2. The minimum atomic E-state index is -4.99. The number of hydrogen-bond donors (Lipinski definition) is 3. The van der Waals surface area contributed by atoms with Crippen LogP contribution in [-0.4, -0.2) is 85.5 Å². The van der Waals surface area contributed by atoms with Crippen LogP contribution in [0.25, 0.3) is 22.2 Å². The van der Waals surface area contributed by atoms with Crippen LogP contribution in [0.15, 0.2) is 6.07 Å². The first-order valence-electron chi connectivity index (χ1n) is 15.9. The van der Waals surface area contributed by atoms with Gasteiger partial charge in [-0.05, 0) is 51.3 Å². The summed E-state index contributed by atoms with van der Waals surface area (Å²) in [5.41, 5.74) is 1.41. The number of aromatic nitrogens is 3. The number of aryl methyl sites for hydroxylation is 1. The Morgan fingerprint density at radius 3 is 2.55 bits per heavy atom. The summed E-state index contributed by atoms with van der Waals surface area (Å²) in [6, 6.07) is 1.04. The van der Waals surface area contributed by atoms with Gasteiger partial charge in [0.1, 0.15) is 17.2 Å². The third kappa shape index (κ3) is 7.62. The van der Waals surface area contributed by atoms with Gasteiger partial charge in [-0.1, -0.05) is 13.3 Å². The van der Waals surface area contributed by atoms with E-state index < -0.39 is 45.9 Å². The third-order valence-corrected chi connectivity index (χ3v) is 8.73. The van der Waals surface area contributed by atoms with Crippen molar-refractivity contribution in [2.75, 3.05) is 70.7 Å². The number of pyridine rings is 1. The molecule has 10 nitrogen and oxygen atoms in total. The van der Waals surface area contributed by atoms with Crippen molar-refractivity contribution in [3.05, 3.63) is 28.8 Å². The fraction of sp³-hybridized carbons (Fsp3) is 0.594. The van der Waals surface area contributed by atoms with E-state index in [9.17, 15) is 13.2 Å². The smallest absolute Gasteiger partial charge is 0.418 e. The average molecular weight is 668 g/mol. The highest BCUT2D eigenvalue weighted by atomic mass is 19.4. The van der Waals surface area contributed by atoms with Gasteiger partial charge in [-0.2, -0.15) is 23.1 Å². The van der Waals surface area contributed by atoms with Crippen LogP contribution in [0.2, 0.25) is 0 Å². The highest BCUT2D eigenvalue weighted by Crippen LogP contribution is 2.48. The van der Waals surface area contributed by atoms with Crippen LogP contribution in [0.4, 0.5) is 33.6 Å². The molecule has 0 radical (unpaired) electrons. The number of alkyl halides is 3. The Hall–Kier alpha value is -3.56. The number of nitrogens with two attached hydrogens (primary N) is 1. The lowest BCUT2D eigenvalue weighted by Crippen LogP contribution is -2.47. The quantitative estimate of drug-likeness (QED) is 0.149. The highest BCUT2D eigenvalue weighted by molar-refractivity contribution is 5.99. The Kier molecular flexibility index (Phi) is 10.6. The average Bonchev–Trinajstić information content (AvgIpc) is 3.78. The van der Waals surface area contributed by atoms with Crippen molar-refractivity contribution in [2.45, 2.75) is 58.7 Å². The number of methoxy groups -OCH3 is 1. The van der Waals surface area contributed by atoms with Crippen LogP contribution in [0.3, 0.4) is 0 Å². The van der Waals surface area contributed by atoms with E-state index in [1.165, 1.54) is 0 Å². The summed E-state index contributed by atoms with van der Waals surface area (Å²) < 4.78 is 92.5. The van der Waals surface area contributed by atoms with E-state index >= 15 is 8.78 Å². The van der Waals surface area contributed by atoms with Gasteiger partial charge < -0.3 is 30.6 Å². The zero-order valence-corrected chi connectivity index (χ0v) is 27.1. The van der Waals surface area contributed by atoms with Crippen molar-refractivity contribution in [3.63, 3.8) is 0 Å². The van der Waals surface area contributed by atoms with E-state index in [1.54, 1.807) is 0 Å². The van der Waals surface area contributed by atoms with Gasteiger partial charge in [0.25, 0.3) is 0 Å². The Balaban J connectivity index is 1.58. The summed E-state index contributed by atoms with van der Waals surface area (Å²) in [6.07, 6.45) is -1.17. The maximum Gasteiger partial charge on any atom is 0.418 e. The molecule has 2 aromatic heterocycles. The monoisotopic (exact) mass is 667 g/mol. The molecule has 5 rings (SSSR count). The van der Waals surface area contributed by atoms with Gasteiger partial charge in [0, 0.05) is 37.6 Å². The summed E-state index contributed by atoms with van der Waals surface area (Å²) in [5, 5.41) is 6.18. The number of nitrogens with zero attached hydrogens (tertiary/aromatic N) is 4. The first-order valence-corrected chi connectivity index (χ1v) is 15.9. The van der Waals surface area contributed by atoms with Gasteiger partial charge in [-0.3, -0.25) is 4.90 Å². The van der Waals surface area contributed by atoms with Crippen molar-refractivity contribution < 1.29 is 36.2 Å². The SMILES string of the molecule is CCCCNCCNc1nc(OCC2(CN3CCOCC3C)CC2)nc2c(F)c(-c3nc(N)cc(C)c3C(F)(F)F)c(F)c(OC)c12. The fourth-order valence-corrected chi connectivity index (χ4v) is 5.95. The molecule has 3 aromatic rings.